The summed E-state index contributed by atoms with van der Waals surface area (Å²) in [6.07, 6.45) is -0.0628. The number of nitriles is 1. The quantitative estimate of drug-likeness (QED) is 0.730. The third-order valence-corrected chi connectivity index (χ3v) is 2.07. The molecule has 0 heterocycles. The molecule has 1 rings (SSSR count). The Morgan fingerprint density at radius 2 is 2.08 bits per heavy atom. The largest absolute Gasteiger partial charge is 0.207 e. The third-order valence-electron chi connectivity index (χ3n) is 1.36. The van der Waals surface area contributed by atoms with E-state index in [9.17, 15) is 8.78 Å². The van der Waals surface area contributed by atoms with Crippen molar-refractivity contribution in [3.8, 4) is 6.07 Å². The van der Waals surface area contributed by atoms with E-state index in [1.54, 1.807) is 6.07 Å². The average molecular weight is 232 g/mol. The van der Waals surface area contributed by atoms with E-state index in [2.05, 4.69) is 15.9 Å². The molecule has 0 aliphatic carbocycles. The Morgan fingerprint density at radius 3 is 2.58 bits per heavy atom. The van der Waals surface area contributed by atoms with E-state index in [1.807, 2.05) is 0 Å². The molecular formula is C8H4BrF2N. The first kappa shape index (κ1) is 9.14. The fourth-order valence-corrected chi connectivity index (χ4v) is 1.37. The molecule has 62 valence electrons. The minimum absolute atomic E-state index is 0.0628. The number of rotatable bonds is 1. The first-order valence-corrected chi connectivity index (χ1v) is 3.95. The van der Waals surface area contributed by atoms with Gasteiger partial charge in [-0.3, -0.25) is 0 Å². The molecular weight excluding hydrogens is 228 g/mol. The van der Waals surface area contributed by atoms with Gasteiger partial charge >= 0.3 is 0 Å². The molecule has 0 spiro atoms. The second kappa shape index (κ2) is 3.63. The van der Waals surface area contributed by atoms with Gasteiger partial charge in [-0.25, -0.2) is 8.78 Å². The maximum absolute atomic E-state index is 12.9. The van der Waals surface area contributed by atoms with Crippen LogP contribution < -0.4 is 0 Å². The van der Waals surface area contributed by atoms with Gasteiger partial charge in [0.25, 0.3) is 0 Å². The van der Waals surface area contributed by atoms with E-state index < -0.39 is 11.6 Å². The van der Waals surface area contributed by atoms with E-state index in [4.69, 9.17) is 5.26 Å². The summed E-state index contributed by atoms with van der Waals surface area (Å²) in [6.45, 7) is 0. The fourth-order valence-electron chi connectivity index (χ4n) is 0.820. The van der Waals surface area contributed by atoms with Crippen LogP contribution in [0.3, 0.4) is 0 Å². The first-order chi connectivity index (χ1) is 5.65. The third kappa shape index (κ3) is 1.80. The van der Waals surface area contributed by atoms with Crippen LogP contribution in [0.5, 0.6) is 0 Å². The number of benzene rings is 1. The van der Waals surface area contributed by atoms with Gasteiger partial charge in [-0.15, -0.1) is 0 Å². The van der Waals surface area contributed by atoms with Crippen molar-refractivity contribution in [1.29, 1.82) is 5.26 Å². The maximum Gasteiger partial charge on any atom is 0.131 e. The molecule has 1 nitrogen and oxygen atoms in total. The molecule has 0 aromatic heterocycles. The molecule has 0 N–H and O–H groups in total. The minimum Gasteiger partial charge on any atom is -0.207 e. The van der Waals surface area contributed by atoms with Crippen molar-refractivity contribution in [2.75, 3.05) is 0 Å². The minimum atomic E-state index is -0.691. The van der Waals surface area contributed by atoms with Gasteiger partial charge < -0.3 is 0 Å². The Labute approximate surface area is 76.8 Å². The van der Waals surface area contributed by atoms with Crippen molar-refractivity contribution in [3.63, 3.8) is 0 Å². The molecule has 0 saturated carbocycles. The molecule has 0 saturated heterocycles. The second-order valence-electron chi connectivity index (χ2n) is 2.18. The topological polar surface area (TPSA) is 23.8 Å². The van der Waals surface area contributed by atoms with Gasteiger partial charge in [0.05, 0.1) is 12.5 Å². The monoisotopic (exact) mass is 231 g/mol. The van der Waals surface area contributed by atoms with Crippen molar-refractivity contribution in [2.45, 2.75) is 6.42 Å². The predicted octanol–water partition coefficient (Wildman–Crippen LogP) is 2.79. The molecule has 0 amide bonds. The predicted molar refractivity (Wildman–Crippen MR) is 43.4 cm³/mol. The van der Waals surface area contributed by atoms with Gasteiger partial charge in [0.2, 0.25) is 0 Å². The van der Waals surface area contributed by atoms with Crippen LogP contribution in [0, 0.1) is 23.0 Å². The van der Waals surface area contributed by atoms with Crippen LogP contribution in [0.15, 0.2) is 16.6 Å². The van der Waals surface area contributed by atoms with Gasteiger partial charge in [-0.2, -0.15) is 5.26 Å². The van der Waals surface area contributed by atoms with Crippen LogP contribution in [0.2, 0.25) is 0 Å². The van der Waals surface area contributed by atoms with Crippen molar-refractivity contribution in [2.24, 2.45) is 0 Å². The van der Waals surface area contributed by atoms with Gasteiger partial charge in [-0.1, -0.05) is 15.9 Å². The summed E-state index contributed by atoms with van der Waals surface area (Å²) in [5.41, 5.74) is 0.193. The van der Waals surface area contributed by atoms with E-state index in [0.717, 1.165) is 12.1 Å². The summed E-state index contributed by atoms with van der Waals surface area (Å²) in [4.78, 5) is 0. The van der Waals surface area contributed by atoms with Crippen LogP contribution in [0.1, 0.15) is 5.56 Å². The lowest BCUT2D eigenvalue weighted by Gasteiger charge is -2.00. The SMILES string of the molecule is N#CCc1c(F)cc(F)cc1Br. The molecule has 0 aliphatic rings. The molecule has 1 aromatic rings. The maximum atomic E-state index is 12.9. The fraction of sp³-hybridized carbons (Fsp3) is 0.125. The summed E-state index contributed by atoms with van der Waals surface area (Å²) >= 11 is 2.97. The van der Waals surface area contributed by atoms with E-state index >= 15 is 0 Å². The molecule has 0 atom stereocenters. The lowest BCUT2D eigenvalue weighted by Crippen LogP contribution is -1.92. The molecule has 1 aromatic carbocycles. The smallest absolute Gasteiger partial charge is 0.131 e. The van der Waals surface area contributed by atoms with Crippen LogP contribution in [-0.2, 0) is 6.42 Å². The van der Waals surface area contributed by atoms with Gasteiger partial charge in [0.1, 0.15) is 11.6 Å². The zero-order valence-corrected chi connectivity index (χ0v) is 7.53. The summed E-state index contributed by atoms with van der Waals surface area (Å²) in [6, 6.07) is 3.69. The van der Waals surface area contributed by atoms with Crippen LogP contribution in [0.4, 0.5) is 8.78 Å². The Bertz CT molecular complexity index is 320. The highest BCUT2D eigenvalue weighted by Crippen LogP contribution is 2.21. The number of hydrogen-bond donors (Lipinski definition) is 0. The lowest BCUT2D eigenvalue weighted by molar-refractivity contribution is 0.573. The highest BCUT2D eigenvalue weighted by atomic mass is 79.9. The van der Waals surface area contributed by atoms with Crippen LogP contribution in [-0.4, -0.2) is 0 Å². The van der Waals surface area contributed by atoms with Crippen LogP contribution >= 0.6 is 15.9 Å². The zero-order valence-electron chi connectivity index (χ0n) is 5.94. The molecule has 4 heteroatoms. The number of hydrogen-bond acceptors (Lipinski definition) is 1. The Morgan fingerprint density at radius 1 is 1.42 bits per heavy atom. The number of halogens is 3. The first-order valence-electron chi connectivity index (χ1n) is 3.15. The van der Waals surface area contributed by atoms with Crippen molar-refractivity contribution >= 4 is 15.9 Å². The highest BCUT2D eigenvalue weighted by Gasteiger charge is 2.08. The van der Waals surface area contributed by atoms with E-state index in [1.165, 1.54) is 0 Å². The van der Waals surface area contributed by atoms with Crippen molar-refractivity contribution < 1.29 is 8.78 Å². The van der Waals surface area contributed by atoms with E-state index in [0.29, 0.717) is 4.47 Å². The highest BCUT2D eigenvalue weighted by molar-refractivity contribution is 9.10. The molecule has 0 bridgehead atoms. The normalized spacial score (nSPS) is 9.50. The zero-order chi connectivity index (χ0) is 9.14. The Kier molecular flexibility index (Phi) is 2.77. The molecule has 0 fully saturated rings. The average Bonchev–Trinajstić information content (AvgIpc) is 1.96. The summed E-state index contributed by atoms with van der Waals surface area (Å²) < 4.78 is 25.7. The molecule has 0 unspecified atom stereocenters. The second-order valence-corrected chi connectivity index (χ2v) is 3.04. The summed E-state index contributed by atoms with van der Waals surface area (Å²) in [5, 5.41) is 8.31. The Hall–Kier alpha value is -0.950. The van der Waals surface area contributed by atoms with Crippen molar-refractivity contribution in [3.05, 3.63) is 33.8 Å². The van der Waals surface area contributed by atoms with Crippen LogP contribution in [0.25, 0.3) is 0 Å². The Balaban J connectivity index is 3.21. The summed E-state index contributed by atoms with van der Waals surface area (Å²) in [5.74, 6) is -1.34. The van der Waals surface area contributed by atoms with Crippen molar-refractivity contribution in [1.82, 2.24) is 0 Å². The van der Waals surface area contributed by atoms with Gasteiger partial charge in [0, 0.05) is 16.1 Å². The van der Waals surface area contributed by atoms with Gasteiger partial charge in [-0.05, 0) is 6.07 Å². The summed E-state index contributed by atoms with van der Waals surface area (Å²) in [7, 11) is 0. The standard InChI is InChI=1S/C8H4BrF2N/c9-7-3-5(10)4-8(11)6(7)1-2-12/h3-4H,1H2. The number of nitrogens with zero attached hydrogens (tertiary/aromatic N) is 1. The molecule has 12 heavy (non-hydrogen) atoms. The lowest BCUT2D eigenvalue weighted by atomic mass is 10.1. The molecule has 0 radical (unpaired) electrons. The van der Waals surface area contributed by atoms with E-state index in [-0.39, 0.29) is 12.0 Å². The van der Waals surface area contributed by atoms with Gasteiger partial charge in [0.15, 0.2) is 0 Å². The molecule has 0 aliphatic heterocycles.